The maximum Gasteiger partial charge on any atom is 0.258 e. The summed E-state index contributed by atoms with van der Waals surface area (Å²) >= 11 is 0. The Labute approximate surface area is 205 Å². The largest absolute Gasteiger partial charge is 0.352 e. The summed E-state index contributed by atoms with van der Waals surface area (Å²) in [5, 5.41) is 8.90. The third kappa shape index (κ3) is 5.05. The monoisotopic (exact) mass is 469 g/mol. The van der Waals surface area contributed by atoms with Crippen molar-refractivity contribution in [2.45, 2.75) is 19.4 Å². The van der Waals surface area contributed by atoms with Crippen molar-refractivity contribution in [3.8, 4) is 11.3 Å². The summed E-state index contributed by atoms with van der Waals surface area (Å²) in [6.45, 7) is 3.29. The molecular weight excluding hydrogens is 438 g/mol. The molecule has 1 aliphatic heterocycles. The first-order chi connectivity index (χ1) is 17.0. The highest BCUT2D eigenvalue weighted by Crippen LogP contribution is 2.22. The van der Waals surface area contributed by atoms with Crippen LogP contribution in [-0.2, 0) is 13.6 Å². The zero-order valence-corrected chi connectivity index (χ0v) is 20.3. The molecule has 1 amide bonds. The average molecular weight is 470 g/mol. The Morgan fingerprint density at radius 2 is 1.89 bits per heavy atom. The molecule has 0 radical (unpaired) electrons. The molecule has 35 heavy (non-hydrogen) atoms. The Morgan fingerprint density at radius 3 is 2.66 bits per heavy atom. The molecule has 0 saturated carbocycles. The van der Waals surface area contributed by atoms with E-state index in [1.165, 1.54) is 0 Å². The van der Waals surface area contributed by atoms with Gasteiger partial charge in [-0.25, -0.2) is 0 Å². The van der Waals surface area contributed by atoms with Crippen molar-refractivity contribution >= 4 is 16.7 Å². The number of fused-ring (bicyclic) bond motifs is 1. The lowest BCUT2D eigenvalue weighted by atomic mass is 9.97. The highest BCUT2D eigenvalue weighted by molar-refractivity contribution is 5.94. The number of pyridine rings is 1. The van der Waals surface area contributed by atoms with E-state index in [2.05, 4.69) is 22.4 Å². The third-order valence-electron chi connectivity index (χ3n) is 7.03. The first-order valence-electron chi connectivity index (χ1n) is 12.2. The Kier molecular flexibility index (Phi) is 6.51. The Morgan fingerprint density at radius 1 is 1.06 bits per heavy atom. The summed E-state index contributed by atoms with van der Waals surface area (Å²) in [5.41, 5.74) is 3.53. The molecule has 0 atom stereocenters. The van der Waals surface area contributed by atoms with Gasteiger partial charge in [-0.3, -0.25) is 14.3 Å². The van der Waals surface area contributed by atoms with Crippen molar-refractivity contribution in [3.63, 3.8) is 0 Å². The number of rotatable bonds is 6. The first-order valence-corrected chi connectivity index (χ1v) is 12.2. The number of hydrogen-bond donors (Lipinski definition) is 1. The fourth-order valence-corrected chi connectivity index (χ4v) is 4.84. The molecule has 1 aliphatic rings. The lowest BCUT2D eigenvalue weighted by molar-refractivity contribution is 0.0939. The predicted molar refractivity (Wildman–Crippen MR) is 139 cm³/mol. The number of piperidine rings is 1. The van der Waals surface area contributed by atoms with Crippen molar-refractivity contribution < 1.29 is 4.79 Å². The van der Waals surface area contributed by atoms with Crippen LogP contribution in [-0.4, -0.2) is 51.8 Å². The van der Waals surface area contributed by atoms with E-state index >= 15 is 0 Å². The van der Waals surface area contributed by atoms with Crippen LogP contribution in [0.4, 0.5) is 0 Å². The molecule has 0 bridgehead atoms. The van der Waals surface area contributed by atoms with Crippen LogP contribution >= 0.6 is 0 Å². The summed E-state index contributed by atoms with van der Waals surface area (Å²) in [4.78, 5) is 28.3. The summed E-state index contributed by atoms with van der Waals surface area (Å²) in [5.74, 6) is 0.479. The van der Waals surface area contributed by atoms with Crippen LogP contribution in [0, 0.1) is 5.92 Å². The highest BCUT2D eigenvalue weighted by Gasteiger charge is 2.17. The zero-order valence-electron chi connectivity index (χ0n) is 20.3. The molecule has 7 nitrogen and oxygen atoms in total. The van der Waals surface area contributed by atoms with Crippen LogP contribution in [0.15, 0.2) is 71.8 Å². The van der Waals surface area contributed by atoms with E-state index < -0.39 is 0 Å². The highest BCUT2D eigenvalue weighted by atomic mass is 16.1. The molecule has 0 aliphatic carbocycles. The summed E-state index contributed by atoms with van der Waals surface area (Å²) in [6.07, 6.45) is 5.82. The van der Waals surface area contributed by atoms with E-state index in [9.17, 15) is 9.59 Å². The minimum absolute atomic E-state index is 0.0452. The topological polar surface area (TPSA) is 72.2 Å². The van der Waals surface area contributed by atoms with Gasteiger partial charge in [0.1, 0.15) is 0 Å². The quantitative estimate of drug-likeness (QED) is 0.469. The molecule has 0 unspecified atom stereocenters. The standard InChI is InChI=1S/C28H31N5O2/c1-31-13-9-20(10-14-31)18-29-27(34)24-5-3-4-21(16-24)19-33-15-11-22-17-23(6-7-25(22)28(33)35)26-8-12-30-32(26)2/h3-8,11-12,15-17,20H,9-10,13-14,18-19H2,1-2H3,(H,29,34). The van der Waals surface area contributed by atoms with Gasteiger partial charge >= 0.3 is 0 Å². The van der Waals surface area contributed by atoms with Crippen LogP contribution < -0.4 is 10.9 Å². The third-order valence-corrected chi connectivity index (χ3v) is 7.03. The zero-order chi connectivity index (χ0) is 24.4. The number of carbonyl (C=O) groups excluding carboxylic acids is 1. The maximum absolute atomic E-state index is 13.2. The van der Waals surface area contributed by atoms with E-state index in [1.807, 2.05) is 72.5 Å². The van der Waals surface area contributed by atoms with Crippen LogP contribution in [0.1, 0.15) is 28.8 Å². The van der Waals surface area contributed by atoms with Gasteiger partial charge in [-0.2, -0.15) is 5.10 Å². The second kappa shape index (κ2) is 9.88. The summed E-state index contributed by atoms with van der Waals surface area (Å²) < 4.78 is 3.51. The normalized spacial score (nSPS) is 14.9. The first kappa shape index (κ1) is 23.1. The second-order valence-electron chi connectivity index (χ2n) is 9.55. The Bertz CT molecular complexity index is 1410. The van der Waals surface area contributed by atoms with E-state index in [4.69, 9.17) is 0 Å². The molecule has 2 aromatic heterocycles. The molecule has 1 saturated heterocycles. The van der Waals surface area contributed by atoms with Gasteiger partial charge in [0.25, 0.3) is 11.5 Å². The Hall–Kier alpha value is -3.71. The number of aromatic nitrogens is 3. The number of likely N-dealkylation sites (tertiary alicyclic amines) is 1. The van der Waals surface area contributed by atoms with Crippen molar-refractivity contribution in [2.75, 3.05) is 26.7 Å². The molecule has 4 aromatic rings. The number of carbonyl (C=O) groups is 1. The molecule has 1 fully saturated rings. The Balaban J connectivity index is 1.30. The summed E-state index contributed by atoms with van der Waals surface area (Å²) in [7, 11) is 4.04. The van der Waals surface area contributed by atoms with Gasteiger partial charge in [0.15, 0.2) is 0 Å². The second-order valence-corrected chi connectivity index (χ2v) is 9.55. The number of hydrogen-bond acceptors (Lipinski definition) is 4. The van der Waals surface area contributed by atoms with Crippen LogP contribution in [0.3, 0.4) is 0 Å². The number of aryl methyl sites for hydroxylation is 1. The molecule has 2 aromatic carbocycles. The number of nitrogens with one attached hydrogen (secondary N) is 1. The number of nitrogens with zero attached hydrogens (tertiary/aromatic N) is 4. The lowest BCUT2D eigenvalue weighted by Gasteiger charge is -2.28. The van der Waals surface area contributed by atoms with Crippen molar-refractivity contribution in [3.05, 3.63) is 88.5 Å². The van der Waals surface area contributed by atoms with Crippen molar-refractivity contribution in [1.82, 2.24) is 24.6 Å². The van der Waals surface area contributed by atoms with E-state index in [1.54, 1.807) is 10.8 Å². The number of amides is 1. The molecular formula is C28H31N5O2. The molecule has 3 heterocycles. The summed E-state index contributed by atoms with van der Waals surface area (Å²) in [6, 6.07) is 17.3. The smallest absolute Gasteiger partial charge is 0.258 e. The van der Waals surface area contributed by atoms with Gasteiger partial charge in [-0.15, -0.1) is 0 Å². The van der Waals surface area contributed by atoms with Crippen molar-refractivity contribution in [1.29, 1.82) is 0 Å². The maximum atomic E-state index is 13.2. The van der Waals surface area contributed by atoms with Gasteiger partial charge in [-0.05, 0) is 86.2 Å². The van der Waals surface area contributed by atoms with Crippen LogP contribution in [0.25, 0.3) is 22.0 Å². The fourth-order valence-electron chi connectivity index (χ4n) is 4.84. The molecule has 7 heteroatoms. The fraction of sp³-hybridized carbons (Fsp3) is 0.321. The predicted octanol–water partition coefficient (Wildman–Crippen LogP) is 3.52. The molecule has 0 spiro atoms. The van der Waals surface area contributed by atoms with E-state index in [0.29, 0.717) is 30.0 Å². The van der Waals surface area contributed by atoms with Gasteiger partial charge in [-0.1, -0.05) is 18.2 Å². The molecule has 5 rings (SSSR count). The SMILES string of the molecule is CN1CCC(CNC(=O)c2cccc(Cn3ccc4cc(-c5ccnn5C)ccc4c3=O)c2)CC1. The van der Waals surface area contributed by atoms with Crippen LogP contribution in [0.2, 0.25) is 0 Å². The molecule has 1 N–H and O–H groups in total. The van der Waals surface area contributed by atoms with Gasteiger partial charge in [0, 0.05) is 42.5 Å². The van der Waals surface area contributed by atoms with Crippen molar-refractivity contribution in [2.24, 2.45) is 13.0 Å². The molecule has 180 valence electrons. The van der Waals surface area contributed by atoms with E-state index in [0.717, 1.165) is 48.1 Å². The minimum Gasteiger partial charge on any atom is -0.352 e. The van der Waals surface area contributed by atoms with Crippen LogP contribution in [0.5, 0.6) is 0 Å². The van der Waals surface area contributed by atoms with E-state index in [-0.39, 0.29) is 11.5 Å². The van der Waals surface area contributed by atoms with Gasteiger partial charge in [0.2, 0.25) is 0 Å². The number of benzene rings is 2. The van der Waals surface area contributed by atoms with Gasteiger partial charge in [0.05, 0.1) is 12.2 Å². The average Bonchev–Trinajstić information content (AvgIpc) is 3.31. The lowest BCUT2D eigenvalue weighted by Crippen LogP contribution is -2.36. The van der Waals surface area contributed by atoms with Gasteiger partial charge < -0.3 is 14.8 Å². The minimum atomic E-state index is -0.0562.